The van der Waals surface area contributed by atoms with Gasteiger partial charge >= 0.3 is 0 Å². The van der Waals surface area contributed by atoms with E-state index in [0.717, 1.165) is 19.3 Å². The van der Waals surface area contributed by atoms with Crippen molar-refractivity contribution in [2.45, 2.75) is 59.0 Å². The molecule has 0 saturated carbocycles. The first-order valence-electron chi connectivity index (χ1n) is 8.86. The van der Waals surface area contributed by atoms with Crippen LogP contribution in [0.2, 0.25) is 0 Å². The zero-order valence-corrected chi connectivity index (χ0v) is 15.5. The topological polar surface area (TPSA) is 27.4 Å². The van der Waals surface area contributed by atoms with Crippen molar-refractivity contribution >= 4 is 6.21 Å². The highest BCUT2D eigenvalue weighted by atomic mass is 15.3. The van der Waals surface area contributed by atoms with Gasteiger partial charge in [-0.2, -0.15) is 0 Å². The second-order valence-corrected chi connectivity index (χ2v) is 7.43. The van der Waals surface area contributed by atoms with E-state index < -0.39 is 0 Å². The maximum atomic E-state index is 4.42. The van der Waals surface area contributed by atoms with Crippen molar-refractivity contribution in [2.75, 3.05) is 0 Å². The molecule has 0 bridgehead atoms. The van der Waals surface area contributed by atoms with Gasteiger partial charge in [-0.15, -0.1) is 6.58 Å². The SMILES string of the molecule is C=CC/C=C\N=CC(C)(C)CCC1=CC=CNC1C1=CN1C(C)C. The third kappa shape index (κ3) is 5.26. The van der Waals surface area contributed by atoms with E-state index in [0.29, 0.717) is 12.1 Å². The van der Waals surface area contributed by atoms with Crippen LogP contribution in [0.5, 0.6) is 0 Å². The fourth-order valence-corrected chi connectivity index (χ4v) is 2.81. The molecule has 0 amide bonds. The molecule has 0 aromatic rings. The monoisotopic (exact) mass is 325 g/mol. The second kappa shape index (κ2) is 8.18. The Kier molecular flexibility index (Phi) is 6.24. The van der Waals surface area contributed by atoms with Gasteiger partial charge in [0.25, 0.3) is 0 Å². The average Bonchev–Trinajstić information content (AvgIpc) is 3.34. The Morgan fingerprint density at radius 2 is 2.21 bits per heavy atom. The first kappa shape index (κ1) is 18.3. The highest BCUT2D eigenvalue weighted by Gasteiger charge is 2.33. The Balaban J connectivity index is 1.89. The van der Waals surface area contributed by atoms with E-state index in [2.05, 4.69) is 74.0 Å². The summed E-state index contributed by atoms with van der Waals surface area (Å²) in [6.45, 7) is 12.6. The Morgan fingerprint density at radius 3 is 2.88 bits per heavy atom. The van der Waals surface area contributed by atoms with Gasteiger partial charge in [-0.3, -0.25) is 4.99 Å². The van der Waals surface area contributed by atoms with Gasteiger partial charge in [0, 0.05) is 30.1 Å². The number of hydrogen-bond donors (Lipinski definition) is 1. The van der Waals surface area contributed by atoms with Gasteiger partial charge in [0.2, 0.25) is 0 Å². The van der Waals surface area contributed by atoms with Crippen molar-refractivity contribution < 1.29 is 0 Å². The predicted octanol–water partition coefficient (Wildman–Crippen LogP) is 4.93. The minimum absolute atomic E-state index is 0.0841. The van der Waals surface area contributed by atoms with Gasteiger partial charge in [-0.05, 0) is 51.0 Å². The highest BCUT2D eigenvalue weighted by molar-refractivity contribution is 5.65. The number of nitrogens with one attached hydrogen (secondary N) is 1. The zero-order chi connectivity index (χ0) is 17.6. The largest absolute Gasteiger partial charge is 0.379 e. The van der Waals surface area contributed by atoms with Crippen LogP contribution < -0.4 is 5.32 Å². The Bertz CT molecular complexity index is 588. The normalized spacial score (nSPS) is 20.5. The van der Waals surface area contributed by atoms with E-state index in [1.165, 1.54) is 11.3 Å². The van der Waals surface area contributed by atoms with Crippen LogP contribution in [0.25, 0.3) is 0 Å². The van der Waals surface area contributed by atoms with E-state index in [-0.39, 0.29) is 5.41 Å². The van der Waals surface area contributed by atoms with E-state index in [4.69, 9.17) is 0 Å². The lowest BCUT2D eigenvalue weighted by Gasteiger charge is -2.26. The number of rotatable bonds is 9. The molecule has 3 heteroatoms. The summed E-state index contributed by atoms with van der Waals surface area (Å²) in [5, 5.41) is 3.51. The summed E-state index contributed by atoms with van der Waals surface area (Å²) < 4.78 is 0. The van der Waals surface area contributed by atoms with Gasteiger partial charge in [-0.1, -0.05) is 32.1 Å². The van der Waals surface area contributed by atoms with Crippen molar-refractivity contribution in [3.05, 3.63) is 60.8 Å². The van der Waals surface area contributed by atoms with Crippen LogP contribution in [0.15, 0.2) is 65.7 Å². The molecule has 2 heterocycles. The van der Waals surface area contributed by atoms with Crippen LogP contribution in [0.3, 0.4) is 0 Å². The maximum absolute atomic E-state index is 4.42. The minimum Gasteiger partial charge on any atom is -0.379 e. The van der Waals surface area contributed by atoms with Gasteiger partial charge < -0.3 is 10.2 Å². The molecule has 2 rings (SSSR count). The lowest BCUT2D eigenvalue weighted by molar-refractivity contribution is 0.440. The van der Waals surface area contributed by atoms with E-state index in [9.17, 15) is 0 Å². The third-order valence-electron chi connectivity index (χ3n) is 4.37. The average molecular weight is 326 g/mol. The van der Waals surface area contributed by atoms with Crippen LogP contribution in [0.1, 0.15) is 47.0 Å². The summed E-state index contributed by atoms with van der Waals surface area (Å²) >= 11 is 0. The lowest BCUT2D eigenvalue weighted by Crippen LogP contribution is -2.32. The highest BCUT2D eigenvalue weighted by Crippen LogP contribution is 2.34. The number of hydrogen-bond acceptors (Lipinski definition) is 3. The summed E-state index contributed by atoms with van der Waals surface area (Å²) in [6, 6.07) is 0.873. The van der Waals surface area contributed by atoms with Crippen LogP contribution >= 0.6 is 0 Å². The van der Waals surface area contributed by atoms with Crippen LogP contribution in [-0.2, 0) is 0 Å². The second-order valence-electron chi connectivity index (χ2n) is 7.43. The molecule has 3 nitrogen and oxygen atoms in total. The molecule has 24 heavy (non-hydrogen) atoms. The van der Waals surface area contributed by atoms with E-state index in [1.54, 1.807) is 0 Å². The van der Waals surface area contributed by atoms with Gasteiger partial charge in [-0.25, -0.2) is 0 Å². The first-order valence-corrected chi connectivity index (χ1v) is 8.86. The predicted molar refractivity (Wildman–Crippen MR) is 105 cm³/mol. The molecule has 0 saturated heterocycles. The zero-order valence-electron chi connectivity index (χ0n) is 15.5. The number of dihydropyridines is 1. The smallest absolute Gasteiger partial charge is 0.0893 e. The van der Waals surface area contributed by atoms with Crippen LogP contribution in [0.4, 0.5) is 0 Å². The number of aliphatic imine (C=N–C) groups is 1. The minimum atomic E-state index is 0.0841. The molecule has 130 valence electrons. The number of nitrogens with zero attached hydrogens (tertiary/aromatic N) is 2. The molecule has 1 unspecified atom stereocenters. The van der Waals surface area contributed by atoms with Crippen LogP contribution in [-0.4, -0.2) is 23.2 Å². The summed E-state index contributed by atoms with van der Waals surface area (Å²) in [5.74, 6) is 0. The maximum Gasteiger partial charge on any atom is 0.0893 e. The lowest BCUT2D eigenvalue weighted by atomic mass is 9.85. The molecule has 2 aliphatic heterocycles. The molecule has 1 atom stereocenters. The molecule has 0 aliphatic carbocycles. The summed E-state index contributed by atoms with van der Waals surface area (Å²) in [7, 11) is 0. The first-order chi connectivity index (χ1) is 11.4. The van der Waals surface area contributed by atoms with Crippen molar-refractivity contribution in [2.24, 2.45) is 10.4 Å². The van der Waals surface area contributed by atoms with Gasteiger partial charge in [0.1, 0.15) is 0 Å². The fourth-order valence-electron chi connectivity index (χ4n) is 2.81. The number of allylic oxidation sites excluding steroid dienone is 4. The van der Waals surface area contributed by atoms with Crippen molar-refractivity contribution in [1.29, 1.82) is 0 Å². The molecule has 0 radical (unpaired) electrons. The van der Waals surface area contributed by atoms with Crippen molar-refractivity contribution in [3.8, 4) is 0 Å². The quantitative estimate of drug-likeness (QED) is 0.481. The molecule has 0 fully saturated rings. The van der Waals surface area contributed by atoms with E-state index >= 15 is 0 Å². The van der Waals surface area contributed by atoms with E-state index in [1.807, 2.05) is 24.6 Å². The molecule has 2 aliphatic rings. The fraction of sp³-hybridized carbons (Fsp3) is 0.476. The Hall–Kier alpha value is -2.03. The summed E-state index contributed by atoms with van der Waals surface area (Å²) in [5.41, 5.74) is 2.94. The van der Waals surface area contributed by atoms with Crippen molar-refractivity contribution in [1.82, 2.24) is 10.2 Å². The molecule has 0 aromatic carbocycles. The third-order valence-corrected chi connectivity index (χ3v) is 4.37. The standard InChI is InChI=1S/C21H31N3/c1-6-7-8-13-22-16-21(4,5)12-11-18-10-9-14-23-20(18)19-15-24(19)17(2)3/h6,8-10,13-17,20,23H,1,7,11-12H2,2-5H3/b13-8-,22-16?. The Labute approximate surface area is 147 Å². The van der Waals surface area contributed by atoms with Gasteiger partial charge in [0.05, 0.1) is 11.7 Å². The molecular weight excluding hydrogens is 294 g/mol. The molecular formula is C21H31N3. The summed E-state index contributed by atoms with van der Waals surface area (Å²) in [6.07, 6.45) is 19.5. The molecule has 0 aromatic heterocycles. The Morgan fingerprint density at radius 1 is 1.42 bits per heavy atom. The summed E-state index contributed by atoms with van der Waals surface area (Å²) in [4.78, 5) is 6.77. The van der Waals surface area contributed by atoms with Crippen LogP contribution in [0, 0.1) is 5.41 Å². The molecule has 0 spiro atoms. The van der Waals surface area contributed by atoms with Gasteiger partial charge in [0.15, 0.2) is 0 Å². The molecule has 1 N–H and O–H groups in total. The van der Waals surface area contributed by atoms with Crippen molar-refractivity contribution in [3.63, 3.8) is 0 Å².